The second-order valence-electron chi connectivity index (χ2n) is 12.1. The van der Waals surface area contributed by atoms with Gasteiger partial charge in [0.1, 0.15) is 32.3 Å². The number of aliphatic hydroxyl groups excluding tert-OH is 2. The van der Waals surface area contributed by atoms with E-state index in [4.69, 9.17) is 4.98 Å². The van der Waals surface area contributed by atoms with Gasteiger partial charge >= 0.3 is 6.36 Å². The predicted molar refractivity (Wildman–Crippen MR) is 168 cm³/mol. The molecule has 5 atom stereocenters. The largest absolute Gasteiger partial charge is 0.573 e. The number of halogens is 4. The van der Waals surface area contributed by atoms with Crippen LogP contribution >= 0.6 is 11.3 Å². The minimum Gasteiger partial charge on any atom is -0.403 e. The molecule has 0 radical (unpaired) electrons. The second kappa shape index (κ2) is 12.4. The number of pyridine rings is 1. The molecule has 2 saturated carbocycles. The molecule has 0 aliphatic heterocycles. The summed E-state index contributed by atoms with van der Waals surface area (Å²) in [4.78, 5) is 18.7. The van der Waals surface area contributed by atoms with Gasteiger partial charge in [-0.2, -0.15) is 4.98 Å². The summed E-state index contributed by atoms with van der Waals surface area (Å²) in [5.41, 5.74) is 3.00. The predicted octanol–water partition coefficient (Wildman–Crippen LogP) is 5.11. The average Bonchev–Trinajstić information content (AvgIpc) is 3.67. The molecule has 0 spiro atoms. The summed E-state index contributed by atoms with van der Waals surface area (Å²) >= 11 is 1.41. The van der Waals surface area contributed by atoms with Crippen molar-refractivity contribution in [3.8, 4) is 16.3 Å². The summed E-state index contributed by atoms with van der Waals surface area (Å²) in [6.45, 7) is 3.38. The molecule has 3 heterocycles. The van der Waals surface area contributed by atoms with E-state index in [0.717, 1.165) is 47.1 Å². The zero-order chi connectivity index (χ0) is 33.8. The van der Waals surface area contributed by atoms with E-state index in [1.54, 1.807) is 20.0 Å². The second-order valence-corrected chi connectivity index (χ2v) is 15.3. The van der Waals surface area contributed by atoms with E-state index >= 15 is 0 Å². The molecule has 3 aromatic heterocycles. The standard InChI is InChI=1S/C30H32F4N6O5S2/c1-13(16-6-7-20(18(31)10-16)45-30(32,33)34)36-29-37-14(2)22(28-39-24-21(46-28)8-9-35-23(24)15-4-5-15)27(40-29)38-19-11-17(12-47(3,43)44)25(41)26(19)42/h6-10,13,15,17,19,25-26,41-42H,4-5,11-12H2,1-3H3,(H2,36,37,38,40)/t13-,17-,19-,25-,26+/m1/s1. The topological polar surface area (TPSA) is 159 Å². The van der Waals surface area contributed by atoms with Crippen LogP contribution in [0.15, 0.2) is 30.5 Å². The van der Waals surface area contributed by atoms with Gasteiger partial charge in [-0.15, -0.1) is 24.5 Å². The highest BCUT2D eigenvalue weighted by atomic mass is 32.2. The molecule has 2 fully saturated rings. The molecule has 11 nitrogen and oxygen atoms in total. The van der Waals surface area contributed by atoms with Crippen LogP contribution in [0.1, 0.15) is 55.1 Å². The number of nitrogens with zero attached hydrogens (tertiary/aromatic N) is 4. The number of hydrogen-bond donors (Lipinski definition) is 4. The molecular formula is C30H32F4N6O5S2. The smallest absolute Gasteiger partial charge is 0.403 e. The van der Waals surface area contributed by atoms with E-state index in [-0.39, 0.29) is 23.9 Å². The number of rotatable bonds is 10. The number of alkyl halides is 3. The van der Waals surface area contributed by atoms with Crippen molar-refractivity contribution in [2.24, 2.45) is 5.92 Å². The Bertz CT molecular complexity index is 1920. The Balaban J connectivity index is 1.35. The highest BCUT2D eigenvalue weighted by molar-refractivity contribution is 7.90. The molecule has 17 heteroatoms. The Morgan fingerprint density at radius 1 is 1.13 bits per heavy atom. The number of anilines is 2. The molecule has 0 amide bonds. The van der Waals surface area contributed by atoms with Gasteiger partial charge in [-0.05, 0) is 56.9 Å². The van der Waals surface area contributed by atoms with Gasteiger partial charge in [0.2, 0.25) is 5.95 Å². The van der Waals surface area contributed by atoms with E-state index in [1.165, 1.54) is 17.4 Å². The van der Waals surface area contributed by atoms with E-state index in [0.29, 0.717) is 27.7 Å². The number of aliphatic hydroxyl groups is 2. The summed E-state index contributed by atoms with van der Waals surface area (Å²) in [7, 11) is -3.44. The van der Waals surface area contributed by atoms with Crippen molar-refractivity contribution in [2.45, 2.75) is 69.7 Å². The molecule has 47 heavy (non-hydrogen) atoms. The third-order valence-corrected chi connectivity index (χ3v) is 10.3. The van der Waals surface area contributed by atoms with Crippen LogP contribution in [0.2, 0.25) is 0 Å². The number of thiazole rings is 1. The van der Waals surface area contributed by atoms with Crippen molar-refractivity contribution in [1.29, 1.82) is 0 Å². The van der Waals surface area contributed by atoms with Gasteiger partial charge in [0, 0.05) is 24.3 Å². The number of aryl methyl sites for hydroxylation is 1. The molecule has 4 aromatic rings. The van der Waals surface area contributed by atoms with Gasteiger partial charge in [-0.25, -0.2) is 22.8 Å². The van der Waals surface area contributed by atoms with Crippen LogP contribution in [-0.4, -0.2) is 75.2 Å². The van der Waals surface area contributed by atoms with Crippen molar-refractivity contribution < 1.29 is 40.9 Å². The van der Waals surface area contributed by atoms with E-state index in [9.17, 15) is 36.2 Å². The highest BCUT2D eigenvalue weighted by Crippen LogP contribution is 2.45. The third kappa shape index (κ3) is 7.42. The maximum absolute atomic E-state index is 14.5. The molecular weight excluding hydrogens is 664 g/mol. The molecule has 6 rings (SSSR count). The lowest BCUT2D eigenvalue weighted by Crippen LogP contribution is -2.36. The average molecular weight is 697 g/mol. The fourth-order valence-corrected chi connectivity index (χ4v) is 8.08. The van der Waals surface area contributed by atoms with Crippen LogP contribution in [0.25, 0.3) is 20.8 Å². The summed E-state index contributed by atoms with van der Waals surface area (Å²) in [5.74, 6) is -2.49. The normalized spacial score (nSPS) is 22.4. The molecule has 2 aliphatic rings. The number of fused-ring (bicyclic) bond motifs is 1. The number of ether oxygens (including phenoxy) is 1. The van der Waals surface area contributed by atoms with Crippen LogP contribution in [0.5, 0.6) is 5.75 Å². The maximum atomic E-state index is 14.5. The highest BCUT2D eigenvalue weighted by Gasteiger charge is 2.43. The van der Waals surface area contributed by atoms with Gasteiger partial charge in [0.25, 0.3) is 0 Å². The van der Waals surface area contributed by atoms with Gasteiger partial charge in [-0.1, -0.05) is 6.07 Å². The van der Waals surface area contributed by atoms with Crippen molar-refractivity contribution >= 4 is 43.2 Å². The van der Waals surface area contributed by atoms with Crippen LogP contribution in [0.3, 0.4) is 0 Å². The first-order valence-corrected chi connectivity index (χ1v) is 17.7. The molecule has 2 aliphatic carbocycles. The maximum Gasteiger partial charge on any atom is 0.573 e. The summed E-state index contributed by atoms with van der Waals surface area (Å²) in [6, 6.07) is 3.52. The number of aromatic nitrogens is 4. The minimum atomic E-state index is -5.05. The lowest BCUT2D eigenvalue weighted by Gasteiger charge is -2.22. The molecule has 252 valence electrons. The van der Waals surface area contributed by atoms with Crippen molar-refractivity contribution in [2.75, 3.05) is 22.6 Å². The Morgan fingerprint density at radius 3 is 2.53 bits per heavy atom. The number of benzene rings is 1. The lowest BCUT2D eigenvalue weighted by molar-refractivity contribution is -0.275. The number of sulfone groups is 1. The SMILES string of the molecule is Cc1nc(N[C@H](C)c2ccc(OC(F)(F)F)c(F)c2)nc(N[C@@H]2C[C@H](CS(C)(=O)=O)[C@@H](O)[C@H]2O)c1-c1nc2c(C3CC3)nccc2s1. The monoisotopic (exact) mass is 696 g/mol. The first kappa shape index (κ1) is 33.2. The van der Waals surface area contributed by atoms with Gasteiger partial charge in [0.05, 0.1) is 45.6 Å². The Kier molecular flexibility index (Phi) is 8.78. The Hall–Kier alpha value is -3.67. The van der Waals surface area contributed by atoms with Crippen LogP contribution < -0.4 is 15.4 Å². The summed E-state index contributed by atoms with van der Waals surface area (Å²) in [5, 5.41) is 28.4. The minimum absolute atomic E-state index is 0.0828. The fourth-order valence-electron chi connectivity index (χ4n) is 5.90. The molecule has 1 aromatic carbocycles. The molecule has 0 bridgehead atoms. The number of nitrogens with one attached hydrogen (secondary N) is 2. The Morgan fingerprint density at radius 2 is 1.87 bits per heavy atom. The Labute approximate surface area is 271 Å². The third-order valence-electron chi connectivity index (χ3n) is 8.27. The zero-order valence-corrected chi connectivity index (χ0v) is 27.0. The van der Waals surface area contributed by atoms with Crippen molar-refractivity contribution in [1.82, 2.24) is 19.9 Å². The lowest BCUT2D eigenvalue weighted by atomic mass is 10.1. The van der Waals surface area contributed by atoms with E-state index < -0.39 is 58.0 Å². The van der Waals surface area contributed by atoms with Crippen molar-refractivity contribution in [3.05, 3.63) is 53.2 Å². The van der Waals surface area contributed by atoms with Crippen LogP contribution in [0.4, 0.5) is 29.3 Å². The fraction of sp³-hybridized carbons (Fsp3) is 0.467. The number of hydrogen-bond acceptors (Lipinski definition) is 12. The zero-order valence-electron chi connectivity index (χ0n) is 25.4. The van der Waals surface area contributed by atoms with E-state index in [2.05, 4.69) is 30.3 Å². The summed E-state index contributed by atoms with van der Waals surface area (Å²) < 4.78 is 80.9. The van der Waals surface area contributed by atoms with E-state index in [1.807, 2.05) is 6.07 Å². The molecule has 0 saturated heterocycles. The van der Waals surface area contributed by atoms with Gasteiger partial charge in [-0.3, -0.25) is 4.98 Å². The first-order chi connectivity index (χ1) is 22.1. The molecule has 0 unspecified atom stereocenters. The molecule has 4 N–H and O–H groups in total. The quantitative estimate of drug-likeness (QED) is 0.163. The first-order valence-electron chi connectivity index (χ1n) is 14.8. The summed E-state index contributed by atoms with van der Waals surface area (Å²) in [6.07, 6.45) is -2.62. The van der Waals surface area contributed by atoms with Gasteiger partial charge < -0.3 is 25.6 Å². The van der Waals surface area contributed by atoms with Crippen molar-refractivity contribution in [3.63, 3.8) is 0 Å². The van der Waals surface area contributed by atoms with Crippen LogP contribution in [-0.2, 0) is 9.84 Å². The van der Waals surface area contributed by atoms with Crippen LogP contribution in [0, 0.1) is 18.7 Å². The van der Waals surface area contributed by atoms with Gasteiger partial charge in [0.15, 0.2) is 11.6 Å².